The van der Waals surface area contributed by atoms with Crippen LogP contribution >= 0.6 is 27.7 Å². The highest BCUT2D eigenvalue weighted by Crippen LogP contribution is 2.29. The van der Waals surface area contributed by atoms with Crippen molar-refractivity contribution in [1.29, 1.82) is 0 Å². The fraction of sp³-hybridized carbons (Fsp3) is 0.500. The van der Waals surface area contributed by atoms with Gasteiger partial charge in [-0.1, -0.05) is 0 Å². The number of hydrogen-bond acceptors (Lipinski definition) is 3. The molecule has 0 bridgehead atoms. The predicted molar refractivity (Wildman–Crippen MR) is 84.0 cm³/mol. The summed E-state index contributed by atoms with van der Waals surface area (Å²) in [7, 11) is 1.62. The average molecular weight is 344 g/mol. The standard InChI is InChI=1S/C14H18BrNO2S/c1-18-11-2-3-12(15)13(9-11)16-14(17)8-10-4-6-19-7-5-10/h2-3,9-10H,4-8H2,1H3,(H,16,17). The summed E-state index contributed by atoms with van der Waals surface area (Å²) in [5.41, 5.74) is 0.773. The third-order valence-electron chi connectivity index (χ3n) is 3.26. The summed E-state index contributed by atoms with van der Waals surface area (Å²) in [5.74, 6) is 3.73. The molecule has 1 amide bonds. The second-order valence-corrected chi connectivity index (χ2v) is 6.73. The largest absolute Gasteiger partial charge is 0.497 e. The molecule has 0 saturated carbocycles. The van der Waals surface area contributed by atoms with Gasteiger partial charge in [0.05, 0.1) is 12.8 Å². The van der Waals surface area contributed by atoms with E-state index < -0.39 is 0 Å². The molecule has 3 nitrogen and oxygen atoms in total. The van der Waals surface area contributed by atoms with Gasteiger partial charge in [-0.25, -0.2) is 0 Å². The monoisotopic (exact) mass is 343 g/mol. The quantitative estimate of drug-likeness (QED) is 0.899. The maximum Gasteiger partial charge on any atom is 0.224 e. The van der Waals surface area contributed by atoms with Crippen LogP contribution in [-0.2, 0) is 4.79 Å². The summed E-state index contributed by atoms with van der Waals surface area (Å²) in [6, 6.07) is 5.57. The van der Waals surface area contributed by atoms with Crippen LogP contribution in [0.4, 0.5) is 5.69 Å². The van der Waals surface area contributed by atoms with Crippen molar-refractivity contribution >= 4 is 39.3 Å². The fourth-order valence-corrected chi connectivity index (χ4v) is 3.69. The van der Waals surface area contributed by atoms with Gasteiger partial charge < -0.3 is 10.1 Å². The fourth-order valence-electron chi connectivity index (χ4n) is 2.14. The van der Waals surface area contributed by atoms with Crippen LogP contribution in [0.5, 0.6) is 5.75 Å². The van der Waals surface area contributed by atoms with Crippen LogP contribution < -0.4 is 10.1 Å². The number of thioether (sulfide) groups is 1. The van der Waals surface area contributed by atoms with Crippen molar-refractivity contribution in [3.63, 3.8) is 0 Å². The van der Waals surface area contributed by atoms with E-state index in [1.807, 2.05) is 30.0 Å². The van der Waals surface area contributed by atoms with E-state index in [-0.39, 0.29) is 5.91 Å². The van der Waals surface area contributed by atoms with Crippen molar-refractivity contribution in [3.05, 3.63) is 22.7 Å². The molecule has 0 spiro atoms. The Kier molecular flexibility index (Phi) is 5.58. The lowest BCUT2D eigenvalue weighted by Gasteiger charge is -2.20. The van der Waals surface area contributed by atoms with Crippen LogP contribution in [0.25, 0.3) is 0 Å². The van der Waals surface area contributed by atoms with Crippen LogP contribution in [0.15, 0.2) is 22.7 Å². The number of ether oxygens (including phenoxy) is 1. The number of amides is 1. The first-order valence-corrected chi connectivity index (χ1v) is 8.35. The first-order valence-electron chi connectivity index (χ1n) is 6.40. The molecule has 1 heterocycles. The summed E-state index contributed by atoms with van der Waals surface area (Å²) in [5, 5.41) is 2.96. The summed E-state index contributed by atoms with van der Waals surface area (Å²) in [6.45, 7) is 0. The number of halogens is 1. The predicted octanol–water partition coefficient (Wildman–Crippen LogP) is 3.93. The Morgan fingerprint density at radius 2 is 2.21 bits per heavy atom. The Labute approximate surface area is 126 Å². The smallest absolute Gasteiger partial charge is 0.224 e. The number of carbonyl (C=O) groups excluding carboxylic acids is 1. The molecule has 1 aliphatic heterocycles. The van der Waals surface area contributed by atoms with Crippen LogP contribution in [0.2, 0.25) is 0 Å². The van der Waals surface area contributed by atoms with E-state index in [1.54, 1.807) is 7.11 Å². The molecule has 0 aromatic heterocycles. The van der Waals surface area contributed by atoms with Gasteiger partial charge in [-0.3, -0.25) is 4.79 Å². The molecule has 1 aromatic carbocycles. The Bertz CT molecular complexity index is 447. The molecule has 1 aromatic rings. The molecule has 0 aliphatic carbocycles. The Morgan fingerprint density at radius 3 is 2.89 bits per heavy atom. The highest BCUT2D eigenvalue weighted by molar-refractivity contribution is 9.10. The first kappa shape index (κ1) is 14.7. The van der Waals surface area contributed by atoms with Crippen molar-refractivity contribution < 1.29 is 9.53 Å². The van der Waals surface area contributed by atoms with Gasteiger partial charge in [-0.2, -0.15) is 11.8 Å². The van der Waals surface area contributed by atoms with Crippen molar-refractivity contribution in [2.75, 3.05) is 23.9 Å². The van der Waals surface area contributed by atoms with Gasteiger partial charge in [-0.05, 0) is 58.3 Å². The lowest BCUT2D eigenvalue weighted by molar-refractivity contribution is -0.117. The second kappa shape index (κ2) is 7.20. The van der Waals surface area contributed by atoms with E-state index in [4.69, 9.17) is 4.74 Å². The Morgan fingerprint density at radius 1 is 1.47 bits per heavy atom. The number of anilines is 1. The van der Waals surface area contributed by atoms with Gasteiger partial charge >= 0.3 is 0 Å². The lowest BCUT2D eigenvalue weighted by Crippen LogP contribution is -2.19. The molecule has 1 aliphatic rings. The van der Waals surface area contributed by atoms with Crippen LogP contribution in [0.3, 0.4) is 0 Å². The van der Waals surface area contributed by atoms with Gasteiger partial charge in [0.1, 0.15) is 5.75 Å². The zero-order valence-corrected chi connectivity index (χ0v) is 13.4. The second-order valence-electron chi connectivity index (χ2n) is 4.65. The summed E-state index contributed by atoms with van der Waals surface area (Å²) < 4.78 is 6.04. The third kappa shape index (κ3) is 4.42. The third-order valence-corrected chi connectivity index (χ3v) is 5.00. The molecule has 1 saturated heterocycles. The minimum absolute atomic E-state index is 0.0888. The maximum absolute atomic E-state index is 12.1. The molecule has 19 heavy (non-hydrogen) atoms. The summed E-state index contributed by atoms with van der Waals surface area (Å²) >= 11 is 5.42. The molecular weight excluding hydrogens is 326 g/mol. The van der Waals surface area contributed by atoms with E-state index in [0.29, 0.717) is 12.3 Å². The Hall–Kier alpha value is -0.680. The minimum Gasteiger partial charge on any atom is -0.497 e. The van der Waals surface area contributed by atoms with E-state index in [9.17, 15) is 4.79 Å². The number of carbonyl (C=O) groups is 1. The molecule has 0 atom stereocenters. The number of benzene rings is 1. The molecule has 2 rings (SSSR count). The average Bonchev–Trinajstić information content (AvgIpc) is 2.42. The normalized spacial score (nSPS) is 16.1. The van der Waals surface area contributed by atoms with Gasteiger partial charge in [0.2, 0.25) is 5.91 Å². The molecule has 0 radical (unpaired) electrons. The van der Waals surface area contributed by atoms with E-state index in [0.717, 1.165) is 28.8 Å². The topological polar surface area (TPSA) is 38.3 Å². The number of methoxy groups -OCH3 is 1. The van der Waals surface area contributed by atoms with E-state index in [1.165, 1.54) is 11.5 Å². The highest BCUT2D eigenvalue weighted by Gasteiger charge is 2.17. The van der Waals surface area contributed by atoms with Gasteiger partial charge in [0.15, 0.2) is 0 Å². The zero-order valence-electron chi connectivity index (χ0n) is 10.9. The van der Waals surface area contributed by atoms with Gasteiger partial charge in [0.25, 0.3) is 0 Å². The van der Waals surface area contributed by atoms with Gasteiger partial charge in [-0.15, -0.1) is 0 Å². The zero-order chi connectivity index (χ0) is 13.7. The molecule has 5 heteroatoms. The molecule has 1 N–H and O–H groups in total. The summed E-state index contributed by atoms with van der Waals surface area (Å²) in [4.78, 5) is 12.1. The lowest BCUT2D eigenvalue weighted by atomic mass is 9.98. The van der Waals surface area contributed by atoms with Gasteiger partial charge in [0, 0.05) is 17.0 Å². The first-order chi connectivity index (χ1) is 9.19. The SMILES string of the molecule is COc1ccc(Br)c(NC(=O)CC2CCSCC2)c1. The van der Waals surface area contributed by atoms with Crippen molar-refractivity contribution in [2.24, 2.45) is 5.92 Å². The number of rotatable bonds is 4. The van der Waals surface area contributed by atoms with E-state index in [2.05, 4.69) is 21.2 Å². The van der Waals surface area contributed by atoms with E-state index >= 15 is 0 Å². The Balaban J connectivity index is 1.94. The summed E-state index contributed by atoms with van der Waals surface area (Å²) in [6.07, 6.45) is 2.92. The number of hydrogen-bond donors (Lipinski definition) is 1. The van der Waals surface area contributed by atoms with Crippen molar-refractivity contribution in [2.45, 2.75) is 19.3 Å². The minimum atomic E-state index is 0.0888. The molecule has 1 fully saturated rings. The van der Waals surface area contributed by atoms with Crippen LogP contribution in [0, 0.1) is 5.92 Å². The highest BCUT2D eigenvalue weighted by atomic mass is 79.9. The van der Waals surface area contributed by atoms with Crippen molar-refractivity contribution in [1.82, 2.24) is 0 Å². The maximum atomic E-state index is 12.1. The molecule has 104 valence electrons. The molecule has 0 unspecified atom stereocenters. The van der Waals surface area contributed by atoms with Crippen LogP contribution in [-0.4, -0.2) is 24.5 Å². The number of nitrogens with one attached hydrogen (secondary N) is 1. The molecular formula is C14H18BrNO2S. The van der Waals surface area contributed by atoms with Crippen molar-refractivity contribution in [3.8, 4) is 5.75 Å². The van der Waals surface area contributed by atoms with Crippen LogP contribution in [0.1, 0.15) is 19.3 Å².